The van der Waals surface area contributed by atoms with Crippen LogP contribution >= 0.6 is 0 Å². The Morgan fingerprint density at radius 1 is 1.24 bits per heavy atom. The van der Waals surface area contributed by atoms with E-state index in [0.717, 1.165) is 24.2 Å². The van der Waals surface area contributed by atoms with Gasteiger partial charge in [-0.1, -0.05) is 38.8 Å². The summed E-state index contributed by atoms with van der Waals surface area (Å²) in [7, 11) is 1.60. The number of hydrogen-bond donors (Lipinski definition) is 1. The number of carboxylic acids is 1. The lowest BCUT2D eigenvalue weighted by Gasteiger charge is -2.21. The van der Waals surface area contributed by atoms with Crippen molar-refractivity contribution in [3.05, 3.63) is 29.8 Å². The first-order valence-corrected chi connectivity index (χ1v) is 6.00. The lowest BCUT2D eigenvalue weighted by molar-refractivity contribution is -0.140. The van der Waals surface area contributed by atoms with Crippen molar-refractivity contribution in [1.29, 1.82) is 0 Å². The van der Waals surface area contributed by atoms with Crippen LogP contribution in [-0.4, -0.2) is 18.2 Å². The summed E-state index contributed by atoms with van der Waals surface area (Å²) in [4.78, 5) is 11.4. The highest BCUT2D eigenvalue weighted by molar-refractivity contribution is 5.76. The molecular weight excluding hydrogens is 216 g/mol. The number of rotatable bonds is 6. The van der Waals surface area contributed by atoms with Gasteiger partial charge in [-0.3, -0.25) is 4.79 Å². The Morgan fingerprint density at radius 2 is 1.76 bits per heavy atom. The van der Waals surface area contributed by atoms with Crippen LogP contribution in [0.1, 0.15) is 38.2 Å². The quantitative estimate of drug-likeness (QED) is 0.824. The number of ether oxygens (including phenoxy) is 1. The largest absolute Gasteiger partial charge is 0.497 e. The third-order valence-corrected chi connectivity index (χ3v) is 3.26. The van der Waals surface area contributed by atoms with Crippen LogP contribution in [0, 0.1) is 5.92 Å². The second-order valence-corrected chi connectivity index (χ2v) is 4.17. The van der Waals surface area contributed by atoms with Gasteiger partial charge in [0.25, 0.3) is 0 Å². The van der Waals surface area contributed by atoms with Crippen LogP contribution < -0.4 is 4.74 Å². The second kappa shape index (κ2) is 6.28. The minimum atomic E-state index is -0.746. The normalized spacial score (nSPS) is 12.5. The standard InChI is InChI=1S/C14H20O3/c1-4-10(5-2)13(14(15)16)11-6-8-12(17-3)9-7-11/h6-10,13H,4-5H2,1-3H3,(H,15,16). The molecule has 0 fully saturated rings. The van der Waals surface area contributed by atoms with Crippen molar-refractivity contribution in [2.24, 2.45) is 5.92 Å². The minimum absolute atomic E-state index is 0.181. The highest BCUT2D eigenvalue weighted by Crippen LogP contribution is 2.30. The number of benzene rings is 1. The second-order valence-electron chi connectivity index (χ2n) is 4.17. The molecule has 1 aromatic rings. The van der Waals surface area contributed by atoms with E-state index in [1.165, 1.54) is 0 Å². The fraction of sp³-hybridized carbons (Fsp3) is 0.500. The smallest absolute Gasteiger partial charge is 0.311 e. The zero-order chi connectivity index (χ0) is 12.8. The van der Waals surface area contributed by atoms with E-state index < -0.39 is 11.9 Å². The molecule has 94 valence electrons. The molecule has 0 aliphatic carbocycles. The average molecular weight is 236 g/mol. The minimum Gasteiger partial charge on any atom is -0.497 e. The molecule has 1 atom stereocenters. The van der Waals surface area contributed by atoms with Gasteiger partial charge in [0, 0.05) is 0 Å². The summed E-state index contributed by atoms with van der Waals surface area (Å²) in [6.45, 7) is 4.07. The third kappa shape index (κ3) is 3.22. The molecule has 0 aromatic heterocycles. The van der Waals surface area contributed by atoms with Crippen molar-refractivity contribution >= 4 is 5.97 Å². The molecule has 0 radical (unpaired) electrons. The number of carboxylic acid groups (broad SMARTS) is 1. The number of carbonyl (C=O) groups is 1. The molecule has 0 heterocycles. The van der Waals surface area contributed by atoms with Gasteiger partial charge in [0.1, 0.15) is 5.75 Å². The molecular formula is C14H20O3. The maximum Gasteiger partial charge on any atom is 0.311 e. The Kier molecular flexibility index (Phi) is 5.01. The molecule has 0 spiro atoms. The van der Waals surface area contributed by atoms with Crippen molar-refractivity contribution in [2.45, 2.75) is 32.6 Å². The summed E-state index contributed by atoms with van der Waals surface area (Å²) in [5, 5.41) is 9.35. The summed E-state index contributed by atoms with van der Waals surface area (Å²) >= 11 is 0. The van der Waals surface area contributed by atoms with E-state index in [1.54, 1.807) is 7.11 Å². The summed E-state index contributed by atoms with van der Waals surface area (Å²) in [6, 6.07) is 7.31. The molecule has 1 aromatic carbocycles. The van der Waals surface area contributed by atoms with Crippen molar-refractivity contribution in [3.8, 4) is 5.75 Å². The van der Waals surface area contributed by atoms with Gasteiger partial charge in [0.15, 0.2) is 0 Å². The van der Waals surface area contributed by atoms with E-state index in [0.29, 0.717) is 0 Å². The van der Waals surface area contributed by atoms with Crippen molar-refractivity contribution in [3.63, 3.8) is 0 Å². The molecule has 0 saturated carbocycles. The number of methoxy groups -OCH3 is 1. The summed E-state index contributed by atoms with van der Waals surface area (Å²) in [6.07, 6.45) is 1.75. The van der Waals surface area contributed by atoms with Gasteiger partial charge in [-0.15, -0.1) is 0 Å². The van der Waals surface area contributed by atoms with Crippen LogP contribution in [0.3, 0.4) is 0 Å². The van der Waals surface area contributed by atoms with Crippen molar-refractivity contribution in [1.82, 2.24) is 0 Å². The van der Waals surface area contributed by atoms with Crippen LogP contribution in [0.25, 0.3) is 0 Å². The summed E-state index contributed by atoms with van der Waals surface area (Å²) in [5.41, 5.74) is 0.854. The highest BCUT2D eigenvalue weighted by Gasteiger charge is 2.27. The van der Waals surface area contributed by atoms with Gasteiger partial charge < -0.3 is 9.84 Å². The van der Waals surface area contributed by atoms with Crippen LogP contribution in [0.15, 0.2) is 24.3 Å². The fourth-order valence-corrected chi connectivity index (χ4v) is 2.19. The molecule has 1 rings (SSSR count). The van der Waals surface area contributed by atoms with E-state index in [1.807, 2.05) is 38.1 Å². The van der Waals surface area contributed by atoms with E-state index in [-0.39, 0.29) is 5.92 Å². The van der Waals surface area contributed by atoms with Crippen LogP contribution in [0.2, 0.25) is 0 Å². The molecule has 0 aliphatic rings. The maximum absolute atomic E-state index is 11.4. The molecule has 17 heavy (non-hydrogen) atoms. The van der Waals surface area contributed by atoms with Gasteiger partial charge >= 0.3 is 5.97 Å². The fourth-order valence-electron chi connectivity index (χ4n) is 2.19. The van der Waals surface area contributed by atoms with Crippen LogP contribution in [-0.2, 0) is 4.79 Å². The molecule has 0 saturated heterocycles. The lowest BCUT2D eigenvalue weighted by atomic mass is 9.83. The number of hydrogen-bond acceptors (Lipinski definition) is 2. The Hall–Kier alpha value is -1.51. The molecule has 0 amide bonds. The SMILES string of the molecule is CCC(CC)C(C(=O)O)c1ccc(OC)cc1. The first kappa shape index (κ1) is 13.6. The average Bonchev–Trinajstić information content (AvgIpc) is 2.35. The molecule has 0 aliphatic heterocycles. The predicted octanol–water partition coefficient (Wildman–Crippen LogP) is 3.30. The van der Waals surface area contributed by atoms with Crippen LogP contribution in [0.4, 0.5) is 0 Å². The molecule has 1 unspecified atom stereocenters. The van der Waals surface area contributed by atoms with E-state index in [2.05, 4.69) is 0 Å². The first-order chi connectivity index (χ1) is 8.13. The number of aliphatic carboxylic acids is 1. The predicted molar refractivity (Wildman–Crippen MR) is 67.4 cm³/mol. The van der Waals surface area contributed by atoms with Crippen molar-refractivity contribution < 1.29 is 14.6 Å². The van der Waals surface area contributed by atoms with Crippen molar-refractivity contribution in [2.75, 3.05) is 7.11 Å². The van der Waals surface area contributed by atoms with Gasteiger partial charge in [-0.2, -0.15) is 0 Å². The third-order valence-electron chi connectivity index (χ3n) is 3.26. The van der Waals surface area contributed by atoms with Gasteiger partial charge in [-0.25, -0.2) is 0 Å². The Morgan fingerprint density at radius 3 is 2.12 bits per heavy atom. The Labute approximate surface area is 102 Å². The zero-order valence-electron chi connectivity index (χ0n) is 10.6. The molecule has 1 N–H and O–H groups in total. The zero-order valence-corrected chi connectivity index (χ0v) is 10.6. The topological polar surface area (TPSA) is 46.5 Å². The van der Waals surface area contributed by atoms with Crippen LogP contribution in [0.5, 0.6) is 5.75 Å². The molecule has 3 nitrogen and oxygen atoms in total. The Balaban J connectivity index is 3.00. The summed E-state index contributed by atoms with van der Waals surface area (Å²) in [5.74, 6) is -0.233. The summed E-state index contributed by atoms with van der Waals surface area (Å²) < 4.78 is 5.08. The van der Waals surface area contributed by atoms with Gasteiger partial charge in [0.2, 0.25) is 0 Å². The van der Waals surface area contributed by atoms with E-state index in [4.69, 9.17) is 4.74 Å². The molecule has 0 bridgehead atoms. The Bertz CT molecular complexity index is 352. The first-order valence-electron chi connectivity index (χ1n) is 6.00. The molecule has 3 heteroatoms. The van der Waals surface area contributed by atoms with E-state index in [9.17, 15) is 9.90 Å². The van der Waals surface area contributed by atoms with Gasteiger partial charge in [0.05, 0.1) is 13.0 Å². The van der Waals surface area contributed by atoms with E-state index >= 15 is 0 Å². The highest BCUT2D eigenvalue weighted by atomic mass is 16.5. The monoisotopic (exact) mass is 236 g/mol. The van der Waals surface area contributed by atoms with Gasteiger partial charge in [-0.05, 0) is 23.6 Å². The maximum atomic E-state index is 11.4. The lowest BCUT2D eigenvalue weighted by Crippen LogP contribution is -2.20.